The predicted octanol–water partition coefficient (Wildman–Crippen LogP) is 1.38. The average Bonchev–Trinajstić information content (AvgIpc) is 2.08. The van der Waals surface area contributed by atoms with Crippen LogP contribution < -0.4 is 5.73 Å². The molecule has 0 radical (unpaired) electrons. The summed E-state index contributed by atoms with van der Waals surface area (Å²) in [5, 5.41) is 9.49. The third-order valence-electron chi connectivity index (χ3n) is 1.45. The Labute approximate surface area is 80.1 Å². The van der Waals surface area contributed by atoms with Crippen molar-refractivity contribution in [3.8, 4) is 0 Å². The van der Waals surface area contributed by atoms with Gasteiger partial charge in [-0.15, -0.1) is 0 Å². The maximum atomic E-state index is 8.76. The first-order chi connectivity index (χ1) is 5.65. The molecule has 0 aliphatic carbocycles. The summed E-state index contributed by atoms with van der Waals surface area (Å²) in [5.41, 5.74) is 6.15. The molecule has 1 unspecified atom stereocenters. The highest BCUT2D eigenvalue weighted by Gasteiger charge is 2.09. The van der Waals surface area contributed by atoms with Crippen molar-refractivity contribution < 1.29 is 5.11 Å². The summed E-state index contributed by atoms with van der Waals surface area (Å²) in [6.07, 6.45) is 1.41. The third-order valence-corrected chi connectivity index (χ3v) is 1.97. The second-order valence-corrected chi connectivity index (χ2v) is 3.11. The van der Waals surface area contributed by atoms with E-state index in [9.17, 15) is 0 Å². The fourth-order valence-electron chi connectivity index (χ4n) is 0.810. The van der Waals surface area contributed by atoms with Crippen molar-refractivity contribution in [2.45, 2.75) is 6.04 Å². The largest absolute Gasteiger partial charge is 0.394 e. The molecule has 0 amide bonds. The van der Waals surface area contributed by atoms with Crippen molar-refractivity contribution in [2.24, 2.45) is 5.73 Å². The molecule has 0 aliphatic rings. The number of hydrogen-bond donors (Lipinski definition) is 2. The van der Waals surface area contributed by atoms with Gasteiger partial charge in [0.1, 0.15) is 5.15 Å². The van der Waals surface area contributed by atoms with Crippen LogP contribution in [0.3, 0.4) is 0 Å². The van der Waals surface area contributed by atoms with E-state index in [1.54, 1.807) is 6.07 Å². The van der Waals surface area contributed by atoms with Gasteiger partial charge >= 0.3 is 0 Å². The van der Waals surface area contributed by atoms with Gasteiger partial charge in [-0.05, 0) is 11.6 Å². The smallest absolute Gasteiger partial charge is 0.129 e. The Balaban J connectivity index is 3.04. The maximum Gasteiger partial charge on any atom is 0.129 e. The molecule has 0 spiro atoms. The van der Waals surface area contributed by atoms with Crippen LogP contribution >= 0.6 is 23.2 Å². The minimum atomic E-state index is -0.502. The molecule has 0 fully saturated rings. The highest BCUT2D eigenvalue weighted by molar-refractivity contribution is 6.32. The van der Waals surface area contributed by atoms with E-state index in [2.05, 4.69) is 4.98 Å². The lowest BCUT2D eigenvalue weighted by Crippen LogP contribution is -2.15. The van der Waals surface area contributed by atoms with Gasteiger partial charge in [0.25, 0.3) is 0 Å². The van der Waals surface area contributed by atoms with Gasteiger partial charge in [-0.25, -0.2) is 4.98 Å². The molecule has 0 bridgehead atoms. The molecule has 3 nitrogen and oxygen atoms in total. The summed E-state index contributed by atoms with van der Waals surface area (Å²) in [7, 11) is 0. The molecule has 1 rings (SSSR count). The number of aliphatic hydroxyl groups excluding tert-OH is 1. The fourth-order valence-corrected chi connectivity index (χ4v) is 1.22. The quantitative estimate of drug-likeness (QED) is 0.720. The van der Waals surface area contributed by atoms with Gasteiger partial charge in [0, 0.05) is 6.20 Å². The molecule has 66 valence electrons. The molecule has 0 saturated heterocycles. The zero-order valence-electron chi connectivity index (χ0n) is 6.17. The summed E-state index contributed by atoms with van der Waals surface area (Å²) < 4.78 is 0. The first kappa shape index (κ1) is 9.74. The van der Waals surface area contributed by atoms with Crippen molar-refractivity contribution in [1.29, 1.82) is 0 Å². The average molecular weight is 207 g/mol. The number of pyridine rings is 1. The number of aliphatic hydroxyl groups is 1. The first-order valence-electron chi connectivity index (χ1n) is 3.32. The van der Waals surface area contributed by atoms with Crippen LogP contribution in [0.1, 0.15) is 11.6 Å². The van der Waals surface area contributed by atoms with E-state index in [0.717, 1.165) is 0 Å². The van der Waals surface area contributed by atoms with Crippen molar-refractivity contribution in [3.05, 3.63) is 28.0 Å². The van der Waals surface area contributed by atoms with E-state index in [1.165, 1.54) is 6.20 Å². The summed E-state index contributed by atoms with van der Waals surface area (Å²) in [5.74, 6) is 0. The van der Waals surface area contributed by atoms with Crippen LogP contribution in [0.15, 0.2) is 12.3 Å². The van der Waals surface area contributed by atoms with E-state index < -0.39 is 6.04 Å². The van der Waals surface area contributed by atoms with Crippen molar-refractivity contribution >= 4 is 23.2 Å². The van der Waals surface area contributed by atoms with E-state index in [0.29, 0.717) is 15.7 Å². The van der Waals surface area contributed by atoms with E-state index in [-0.39, 0.29) is 6.61 Å². The highest BCUT2D eigenvalue weighted by atomic mass is 35.5. The zero-order chi connectivity index (χ0) is 9.14. The van der Waals surface area contributed by atoms with Gasteiger partial charge in [-0.1, -0.05) is 23.2 Å². The summed E-state index contributed by atoms with van der Waals surface area (Å²) in [6.45, 7) is -0.167. The topological polar surface area (TPSA) is 59.1 Å². The lowest BCUT2D eigenvalue weighted by Gasteiger charge is -2.09. The molecule has 1 aromatic heterocycles. The molecule has 0 aliphatic heterocycles. The van der Waals surface area contributed by atoms with Crippen LogP contribution in [0, 0.1) is 0 Å². The van der Waals surface area contributed by atoms with Crippen molar-refractivity contribution in [2.75, 3.05) is 6.61 Å². The SMILES string of the molecule is NC(CO)c1cc(Cl)ncc1Cl. The summed E-state index contributed by atoms with van der Waals surface area (Å²) in [4.78, 5) is 3.75. The molecule has 0 saturated carbocycles. The minimum Gasteiger partial charge on any atom is -0.394 e. The molecule has 3 N–H and O–H groups in total. The Morgan fingerprint density at radius 1 is 1.58 bits per heavy atom. The lowest BCUT2D eigenvalue weighted by molar-refractivity contribution is 0.268. The number of halogens is 2. The van der Waals surface area contributed by atoms with Crippen LogP contribution in [0.2, 0.25) is 10.2 Å². The van der Waals surface area contributed by atoms with Crippen molar-refractivity contribution in [1.82, 2.24) is 4.98 Å². The number of aromatic nitrogens is 1. The number of nitrogens with zero attached hydrogens (tertiary/aromatic N) is 1. The second-order valence-electron chi connectivity index (χ2n) is 2.32. The molecule has 1 aromatic rings. The second kappa shape index (κ2) is 4.05. The summed E-state index contributed by atoms with van der Waals surface area (Å²) in [6, 6.07) is 1.04. The highest BCUT2D eigenvalue weighted by Crippen LogP contribution is 2.22. The Hall–Kier alpha value is -0.350. The van der Waals surface area contributed by atoms with Crippen LogP contribution in [-0.2, 0) is 0 Å². The maximum absolute atomic E-state index is 8.76. The number of hydrogen-bond acceptors (Lipinski definition) is 3. The van der Waals surface area contributed by atoms with Crippen LogP contribution in [0.4, 0.5) is 0 Å². The number of nitrogens with two attached hydrogens (primary N) is 1. The molecule has 1 heterocycles. The standard InChI is InChI=1S/C7H8Cl2N2O/c8-5-2-11-7(9)1-4(5)6(10)3-12/h1-2,6,12H,3,10H2. The van der Waals surface area contributed by atoms with E-state index in [1.807, 2.05) is 0 Å². The van der Waals surface area contributed by atoms with E-state index in [4.69, 9.17) is 34.0 Å². The monoisotopic (exact) mass is 206 g/mol. The Morgan fingerprint density at radius 2 is 2.25 bits per heavy atom. The lowest BCUT2D eigenvalue weighted by atomic mass is 10.1. The van der Waals surface area contributed by atoms with Gasteiger partial charge in [-0.3, -0.25) is 0 Å². The molecule has 12 heavy (non-hydrogen) atoms. The Kier molecular flexibility index (Phi) is 3.29. The summed E-state index contributed by atoms with van der Waals surface area (Å²) >= 11 is 11.4. The van der Waals surface area contributed by atoms with E-state index >= 15 is 0 Å². The minimum absolute atomic E-state index is 0.167. The van der Waals surface area contributed by atoms with Gasteiger partial charge in [-0.2, -0.15) is 0 Å². The van der Waals surface area contributed by atoms with Gasteiger partial charge in [0.15, 0.2) is 0 Å². The Bertz CT molecular complexity index is 280. The van der Waals surface area contributed by atoms with Gasteiger partial charge in [0.05, 0.1) is 17.7 Å². The van der Waals surface area contributed by atoms with Crippen LogP contribution in [0.25, 0.3) is 0 Å². The molecular formula is C7H8Cl2N2O. The molecule has 0 aromatic carbocycles. The third kappa shape index (κ3) is 2.08. The first-order valence-corrected chi connectivity index (χ1v) is 4.08. The molecule has 1 atom stereocenters. The zero-order valence-corrected chi connectivity index (χ0v) is 7.68. The van der Waals surface area contributed by atoms with Crippen LogP contribution in [-0.4, -0.2) is 16.7 Å². The number of rotatable bonds is 2. The molecular weight excluding hydrogens is 199 g/mol. The van der Waals surface area contributed by atoms with Gasteiger partial charge in [0.2, 0.25) is 0 Å². The van der Waals surface area contributed by atoms with Gasteiger partial charge < -0.3 is 10.8 Å². The van der Waals surface area contributed by atoms with Crippen molar-refractivity contribution in [3.63, 3.8) is 0 Å². The normalized spacial score (nSPS) is 13.0. The van der Waals surface area contributed by atoms with Crippen LogP contribution in [0.5, 0.6) is 0 Å². The fraction of sp³-hybridized carbons (Fsp3) is 0.286. The predicted molar refractivity (Wildman–Crippen MR) is 48.3 cm³/mol. The Morgan fingerprint density at radius 3 is 2.83 bits per heavy atom. The molecule has 5 heteroatoms.